The standard InChI is InChI=1S/C13H14N4O/c18-13-11-8-16-17(12(11)14-6-7-15-13)9-10-4-2-1-3-5-10/h1-5,8,14H,6-7,9H2,(H,15,18). The molecule has 0 bridgehead atoms. The van der Waals surface area contributed by atoms with Crippen molar-refractivity contribution in [3.63, 3.8) is 0 Å². The predicted molar refractivity (Wildman–Crippen MR) is 68.6 cm³/mol. The lowest BCUT2D eigenvalue weighted by molar-refractivity contribution is 0.0958. The Morgan fingerprint density at radius 1 is 1.17 bits per heavy atom. The van der Waals surface area contributed by atoms with E-state index in [-0.39, 0.29) is 5.91 Å². The van der Waals surface area contributed by atoms with Crippen LogP contribution in [0.4, 0.5) is 5.82 Å². The Labute approximate surface area is 105 Å². The number of nitrogens with zero attached hydrogens (tertiary/aromatic N) is 2. The third-order valence-corrected chi connectivity index (χ3v) is 2.96. The van der Waals surface area contributed by atoms with Gasteiger partial charge >= 0.3 is 0 Å². The Bertz CT molecular complexity index is 562. The van der Waals surface area contributed by atoms with Crippen molar-refractivity contribution in [1.82, 2.24) is 15.1 Å². The Morgan fingerprint density at radius 3 is 2.78 bits per heavy atom. The molecule has 1 aliphatic heterocycles. The molecule has 5 nitrogen and oxygen atoms in total. The van der Waals surface area contributed by atoms with Crippen LogP contribution in [0.15, 0.2) is 36.5 Å². The molecule has 2 N–H and O–H groups in total. The third-order valence-electron chi connectivity index (χ3n) is 2.96. The molecule has 18 heavy (non-hydrogen) atoms. The molecule has 0 unspecified atom stereocenters. The van der Waals surface area contributed by atoms with Crippen molar-refractivity contribution >= 4 is 11.7 Å². The molecule has 0 saturated heterocycles. The molecule has 0 saturated carbocycles. The topological polar surface area (TPSA) is 59.0 Å². The van der Waals surface area contributed by atoms with E-state index in [9.17, 15) is 4.79 Å². The van der Waals surface area contributed by atoms with Crippen molar-refractivity contribution in [3.8, 4) is 0 Å². The minimum atomic E-state index is -0.0608. The lowest BCUT2D eigenvalue weighted by atomic mass is 10.2. The van der Waals surface area contributed by atoms with E-state index in [0.717, 1.165) is 17.9 Å². The molecule has 0 fully saturated rings. The summed E-state index contributed by atoms with van der Waals surface area (Å²) >= 11 is 0. The zero-order chi connectivity index (χ0) is 12.4. The number of anilines is 1. The number of aromatic nitrogens is 2. The first-order chi connectivity index (χ1) is 8.84. The Morgan fingerprint density at radius 2 is 1.94 bits per heavy atom. The Kier molecular flexibility index (Phi) is 2.72. The molecule has 0 radical (unpaired) electrons. The van der Waals surface area contributed by atoms with Crippen molar-refractivity contribution < 1.29 is 4.79 Å². The molecule has 1 aliphatic rings. The van der Waals surface area contributed by atoms with Gasteiger partial charge < -0.3 is 10.6 Å². The van der Waals surface area contributed by atoms with Crippen LogP contribution in [-0.4, -0.2) is 28.8 Å². The van der Waals surface area contributed by atoms with E-state index in [2.05, 4.69) is 15.7 Å². The molecule has 0 atom stereocenters. The molecule has 1 amide bonds. The van der Waals surface area contributed by atoms with Crippen LogP contribution in [-0.2, 0) is 6.54 Å². The van der Waals surface area contributed by atoms with Gasteiger partial charge in [-0.25, -0.2) is 4.68 Å². The van der Waals surface area contributed by atoms with Gasteiger partial charge in [-0.3, -0.25) is 4.79 Å². The van der Waals surface area contributed by atoms with Gasteiger partial charge in [-0.1, -0.05) is 30.3 Å². The highest BCUT2D eigenvalue weighted by Gasteiger charge is 2.19. The van der Waals surface area contributed by atoms with Gasteiger partial charge in [0.25, 0.3) is 5.91 Å². The van der Waals surface area contributed by atoms with Gasteiger partial charge in [0.15, 0.2) is 0 Å². The number of nitrogens with one attached hydrogen (secondary N) is 2. The normalized spacial score (nSPS) is 14.3. The summed E-state index contributed by atoms with van der Waals surface area (Å²) in [5.41, 5.74) is 1.78. The van der Waals surface area contributed by atoms with Gasteiger partial charge in [-0.15, -0.1) is 0 Å². The first-order valence-corrected chi connectivity index (χ1v) is 5.96. The zero-order valence-electron chi connectivity index (χ0n) is 9.89. The second kappa shape index (κ2) is 4.52. The molecule has 3 rings (SSSR count). The van der Waals surface area contributed by atoms with Crippen molar-refractivity contribution in [1.29, 1.82) is 0 Å². The molecule has 0 aliphatic carbocycles. The highest BCUT2D eigenvalue weighted by Crippen LogP contribution is 2.18. The maximum absolute atomic E-state index is 11.8. The van der Waals surface area contributed by atoms with Crippen LogP contribution in [0.5, 0.6) is 0 Å². The second-order valence-electron chi connectivity index (χ2n) is 4.23. The lowest BCUT2D eigenvalue weighted by Crippen LogP contribution is -2.24. The largest absolute Gasteiger partial charge is 0.368 e. The van der Waals surface area contributed by atoms with Crippen LogP contribution >= 0.6 is 0 Å². The summed E-state index contributed by atoms with van der Waals surface area (Å²) in [7, 11) is 0. The van der Waals surface area contributed by atoms with E-state index in [1.165, 1.54) is 0 Å². The predicted octanol–water partition coefficient (Wildman–Crippen LogP) is 1.09. The first-order valence-electron chi connectivity index (χ1n) is 5.96. The highest BCUT2D eigenvalue weighted by molar-refractivity contribution is 5.99. The summed E-state index contributed by atoms with van der Waals surface area (Å²) in [6, 6.07) is 10.1. The number of carbonyl (C=O) groups is 1. The van der Waals surface area contributed by atoms with Gasteiger partial charge in [0.05, 0.1) is 12.7 Å². The minimum absolute atomic E-state index is 0.0608. The fraction of sp³-hybridized carbons (Fsp3) is 0.231. The summed E-state index contributed by atoms with van der Waals surface area (Å²) in [5.74, 6) is 0.739. The average Bonchev–Trinajstić information content (AvgIpc) is 2.69. The second-order valence-corrected chi connectivity index (χ2v) is 4.23. The Balaban J connectivity index is 1.92. The summed E-state index contributed by atoms with van der Waals surface area (Å²) < 4.78 is 1.83. The van der Waals surface area contributed by atoms with Gasteiger partial charge in [0.1, 0.15) is 11.4 Å². The van der Waals surface area contributed by atoms with Crippen LogP contribution in [0.3, 0.4) is 0 Å². The van der Waals surface area contributed by atoms with Crippen LogP contribution in [0.25, 0.3) is 0 Å². The van der Waals surface area contributed by atoms with Crippen LogP contribution < -0.4 is 10.6 Å². The molecular weight excluding hydrogens is 228 g/mol. The van der Waals surface area contributed by atoms with Gasteiger partial charge in [0, 0.05) is 13.1 Å². The molecule has 5 heteroatoms. The lowest BCUT2D eigenvalue weighted by Gasteiger charge is -2.08. The number of hydrogen-bond donors (Lipinski definition) is 2. The fourth-order valence-corrected chi connectivity index (χ4v) is 2.07. The van der Waals surface area contributed by atoms with E-state index in [1.54, 1.807) is 6.20 Å². The van der Waals surface area contributed by atoms with Gasteiger partial charge in [-0.2, -0.15) is 5.10 Å². The van der Waals surface area contributed by atoms with Gasteiger partial charge in [-0.05, 0) is 5.56 Å². The van der Waals surface area contributed by atoms with E-state index in [0.29, 0.717) is 18.7 Å². The third kappa shape index (κ3) is 1.95. The fourth-order valence-electron chi connectivity index (χ4n) is 2.07. The van der Waals surface area contributed by atoms with E-state index >= 15 is 0 Å². The molecule has 2 heterocycles. The number of carbonyl (C=O) groups excluding carboxylic acids is 1. The van der Waals surface area contributed by atoms with E-state index in [4.69, 9.17) is 0 Å². The number of hydrogen-bond acceptors (Lipinski definition) is 3. The summed E-state index contributed by atoms with van der Waals surface area (Å²) in [4.78, 5) is 11.8. The minimum Gasteiger partial charge on any atom is -0.368 e. The summed E-state index contributed by atoms with van der Waals surface area (Å²) in [5, 5.41) is 10.3. The van der Waals surface area contributed by atoms with Crippen LogP contribution in [0, 0.1) is 0 Å². The zero-order valence-corrected chi connectivity index (χ0v) is 9.89. The molecule has 1 aromatic carbocycles. The quantitative estimate of drug-likeness (QED) is 0.828. The Hall–Kier alpha value is -2.30. The highest BCUT2D eigenvalue weighted by atomic mass is 16.1. The van der Waals surface area contributed by atoms with Crippen molar-refractivity contribution in [3.05, 3.63) is 47.7 Å². The summed E-state index contributed by atoms with van der Waals surface area (Å²) in [6.07, 6.45) is 1.62. The smallest absolute Gasteiger partial charge is 0.256 e. The van der Waals surface area contributed by atoms with Gasteiger partial charge in [0.2, 0.25) is 0 Å². The molecule has 0 spiro atoms. The SMILES string of the molecule is O=C1NCCNc2c1cnn2Cc1ccccc1. The van der Waals surface area contributed by atoms with Crippen molar-refractivity contribution in [2.75, 3.05) is 18.4 Å². The number of amides is 1. The number of benzene rings is 1. The van der Waals surface area contributed by atoms with E-state index < -0.39 is 0 Å². The number of rotatable bonds is 2. The summed E-state index contributed by atoms with van der Waals surface area (Å²) in [6.45, 7) is 2.02. The van der Waals surface area contributed by atoms with E-state index in [1.807, 2.05) is 35.0 Å². The maximum atomic E-state index is 11.8. The molecule has 2 aromatic rings. The maximum Gasteiger partial charge on any atom is 0.256 e. The molecule has 92 valence electrons. The van der Waals surface area contributed by atoms with Crippen LogP contribution in [0.2, 0.25) is 0 Å². The monoisotopic (exact) mass is 242 g/mol. The average molecular weight is 242 g/mol. The molecular formula is C13H14N4O. The van der Waals surface area contributed by atoms with Crippen molar-refractivity contribution in [2.24, 2.45) is 0 Å². The van der Waals surface area contributed by atoms with Crippen LogP contribution in [0.1, 0.15) is 15.9 Å². The first kappa shape index (κ1) is 10.8. The number of fused-ring (bicyclic) bond motifs is 1. The molecule has 1 aromatic heterocycles. The van der Waals surface area contributed by atoms with Crippen molar-refractivity contribution in [2.45, 2.75) is 6.54 Å².